The first kappa shape index (κ1) is 90.3. The molecule has 4 unspecified atom stereocenters. The molecule has 4 atom stereocenters. The first-order valence-corrected chi connectivity index (χ1v) is 7.20. The monoisotopic (exact) mass is 792 g/mol. The van der Waals surface area contributed by atoms with Crippen molar-refractivity contribution in [3.05, 3.63) is 0 Å². The van der Waals surface area contributed by atoms with E-state index in [9.17, 15) is 29.4 Å². The van der Waals surface area contributed by atoms with E-state index in [1.54, 1.807) is 0 Å². The number of hydrogen-bond acceptors (Lipinski definition) is 16. The third-order valence-electron chi connectivity index (χ3n) is 1.59. The Kier molecular flexibility index (Phi) is 141. The van der Waals surface area contributed by atoms with Crippen molar-refractivity contribution in [3.8, 4) is 0 Å². The molecule has 0 fully saturated rings. The Morgan fingerprint density at radius 3 is 0.667 bits per heavy atom. The minimum atomic E-state index is -2.38. The summed E-state index contributed by atoms with van der Waals surface area (Å²) in [6, 6.07) is 0. The third kappa shape index (κ3) is 105. The summed E-state index contributed by atoms with van der Waals surface area (Å²) in [5.74, 6) is -9.32. The molecule has 0 saturated heterocycles. The number of carboxylic acid groups (broad SMARTS) is 6. The minimum absolute atomic E-state index is 0. The molecule has 0 bridgehead atoms. The van der Waals surface area contributed by atoms with Gasteiger partial charge in [0.25, 0.3) is 11.9 Å². The van der Waals surface area contributed by atoms with Crippen LogP contribution in [0.2, 0.25) is 0 Å². The number of carbonyl (C=O) groups is 6. The van der Waals surface area contributed by atoms with Gasteiger partial charge in [-0.15, -0.1) is 0 Å². The fourth-order valence-corrected chi connectivity index (χ4v) is 0.528. The largest absolute Gasteiger partial charge is 2.00 e. The number of aliphatic hydroxyl groups is 4. The molecule has 0 aliphatic heterocycles. The van der Waals surface area contributed by atoms with Crippen molar-refractivity contribution in [2.24, 2.45) is 0 Å². The Hall–Kier alpha value is 1.65. The van der Waals surface area contributed by atoms with Crippen LogP contribution < -0.4 is 172 Å². The maximum absolute atomic E-state index is 9.74. The molecule has 0 aliphatic rings. The Morgan fingerprint density at radius 2 is 0.643 bits per heavy atom. The molecule has 22 nitrogen and oxygen atoms in total. The molecule has 0 heterocycles. The maximum atomic E-state index is 9.74. The van der Waals surface area contributed by atoms with Crippen molar-refractivity contribution in [1.82, 2.24) is 0 Å². The van der Waals surface area contributed by atoms with Gasteiger partial charge >= 0.3 is 203 Å². The fraction of sp³-hybridized carbons (Fsp3) is 0.429. The molecule has 12 N–H and O–H groups in total. The van der Waals surface area contributed by atoms with E-state index >= 15 is 0 Å². The van der Waals surface area contributed by atoms with Gasteiger partial charge in [0.1, 0.15) is 12.2 Å². The Bertz CT molecular complexity index is 630. The molecule has 0 aliphatic carbocycles. The standard InChI is InChI=1S/2C4H6O6.2C2H4O2.2CO2.2Cu.2K.2Na.2H2O/c2*5-1(3(7)8)2(6)4(9)10;2*1-2(3)4;2*2-1-3;;;;;;;;/h2*1-2,5-6H,(H,7,8)(H,9,10);2*1H3,(H,3,4);;;;;;;;;2*1H2/q;;;;;;;+2;4*+1;;/p-2. The maximum Gasteiger partial charge on any atom is 2.00 e. The van der Waals surface area contributed by atoms with Gasteiger partial charge in [-0.3, -0.25) is 9.59 Å². The van der Waals surface area contributed by atoms with Crippen molar-refractivity contribution >= 4 is 48.1 Å². The molecule has 0 spiro atoms. The van der Waals surface area contributed by atoms with Crippen LogP contribution in [-0.4, -0.2) is 124 Å². The van der Waals surface area contributed by atoms with Crippen LogP contribution in [0.15, 0.2) is 0 Å². The number of carboxylic acids is 6. The van der Waals surface area contributed by atoms with Crippen LogP contribution in [0.1, 0.15) is 13.8 Å². The summed E-state index contributed by atoms with van der Waals surface area (Å²) in [6.45, 7) is 2.17. The minimum Gasteiger partial charge on any atom is -0.547 e. The van der Waals surface area contributed by atoms with Crippen molar-refractivity contribution in [2.75, 3.05) is 0 Å². The quantitative estimate of drug-likeness (QED) is 0.116. The van der Waals surface area contributed by atoms with Crippen LogP contribution in [0.5, 0.6) is 0 Å². The second-order valence-electron chi connectivity index (χ2n) is 4.30. The molecule has 0 saturated carbocycles. The molecule has 0 aromatic carbocycles. The number of aliphatic hydroxyl groups excluding tert-OH is 4. The van der Waals surface area contributed by atoms with Gasteiger partial charge < -0.3 is 71.6 Å². The zero-order valence-electron chi connectivity index (χ0n) is 22.4. The number of aliphatic carboxylic acids is 6. The van der Waals surface area contributed by atoms with Crippen molar-refractivity contribution < 1.29 is 306 Å². The zero-order chi connectivity index (χ0) is 29.2. The predicted octanol–water partition coefficient (Wildman–Crippen LogP) is -21.5. The van der Waals surface area contributed by atoms with Crippen LogP contribution in [0, 0.1) is 0 Å². The first-order chi connectivity index (χ1) is 15.2. The molecular weight excluding hydrogens is 771 g/mol. The summed E-state index contributed by atoms with van der Waals surface area (Å²) in [5.41, 5.74) is 0. The molecule has 0 amide bonds. The van der Waals surface area contributed by atoms with Gasteiger partial charge in [-0.05, 0) is 0 Å². The number of carbonyl (C=O) groups excluding carboxylic acids is 6. The van der Waals surface area contributed by atoms with Gasteiger partial charge in [0.05, 0.1) is 11.9 Å². The van der Waals surface area contributed by atoms with Crippen LogP contribution in [0.4, 0.5) is 0 Å². The molecule has 0 rings (SSSR count). The van der Waals surface area contributed by atoms with E-state index in [4.69, 9.17) is 69.6 Å². The van der Waals surface area contributed by atoms with Gasteiger partial charge in [0, 0.05) is 30.9 Å². The van der Waals surface area contributed by atoms with Crippen molar-refractivity contribution in [3.63, 3.8) is 0 Å². The molecule has 2 radical (unpaired) electrons. The Labute approximate surface area is 385 Å². The summed E-state index contributed by atoms with van der Waals surface area (Å²) in [6.07, 6.45) is -8.91. The summed E-state index contributed by atoms with van der Waals surface area (Å²) in [5, 5.41) is 83.1. The van der Waals surface area contributed by atoms with Crippen molar-refractivity contribution in [2.45, 2.75) is 38.3 Å². The van der Waals surface area contributed by atoms with Crippen LogP contribution in [0.25, 0.3) is 0 Å². The second kappa shape index (κ2) is 65.3. The fourth-order valence-electron chi connectivity index (χ4n) is 0.528. The normalized spacial score (nSPS) is 9.10. The molecular formula is C14H22Cu2K2Na2O22+4. The van der Waals surface area contributed by atoms with Gasteiger partial charge in [-0.2, -0.15) is 19.2 Å². The van der Waals surface area contributed by atoms with E-state index in [1.807, 2.05) is 0 Å². The van der Waals surface area contributed by atoms with E-state index in [0.717, 1.165) is 13.8 Å². The summed E-state index contributed by atoms with van der Waals surface area (Å²) >= 11 is 0. The van der Waals surface area contributed by atoms with Gasteiger partial charge in [0.2, 0.25) is 0 Å². The Balaban J connectivity index is -0.0000000192. The van der Waals surface area contributed by atoms with E-state index < -0.39 is 60.2 Å². The second-order valence-corrected chi connectivity index (χ2v) is 4.30. The average Bonchev–Trinajstić information content (AvgIpc) is 2.66. The third-order valence-corrected chi connectivity index (χ3v) is 1.59. The van der Waals surface area contributed by atoms with Crippen LogP contribution in [-0.2, 0) is 82.1 Å². The van der Waals surface area contributed by atoms with Gasteiger partial charge in [-0.1, -0.05) is 0 Å². The molecule has 28 heteroatoms. The van der Waals surface area contributed by atoms with E-state index in [1.165, 1.54) is 0 Å². The Morgan fingerprint density at radius 1 is 0.548 bits per heavy atom. The topological polar surface area (TPSA) is 442 Å². The predicted molar refractivity (Wildman–Crippen MR) is 93.2 cm³/mol. The van der Waals surface area contributed by atoms with Crippen LogP contribution in [0.3, 0.4) is 0 Å². The van der Waals surface area contributed by atoms with E-state index in [0.29, 0.717) is 0 Å². The van der Waals surface area contributed by atoms with Crippen molar-refractivity contribution in [1.29, 1.82) is 0 Å². The average molecular weight is 794 g/mol. The number of hydrogen-bond donors (Lipinski definition) is 8. The zero-order valence-corrected chi connectivity index (χ0v) is 34.5. The molecule has 0 aromatic heterocycles. The van der Waals surface area contributed by atoms with E-state index in [2.05, 4.69) is 0 Å². The number of rotatable bonds is 6. The van der Waals surface area contributed by atoms with Crippen LogP contribution >= 0.6 is 0 Å². The SMILES string of the molecule is CC(=O)O.CC(=O)O.O.O.O=C([O-])C(O)C(O)C(=O)O.O=C([O-])C(O)C(O)C(=O)O.O=C=O.O=C=O.[Cu+2].[Cu].[K+].[K+].[Na+].[Na+]. The smallest absolute Gasteiger partial charge is 0.547 e. The van der Waals surface area contributed by atoms with E-state index in [-0.39, 0.29) is 219 Å². The molecule has 0 aromatic rings. The molecule has 42 heavy (non-hydrogen) atoms. The summed E-state index contributed by atoms with van der Waals surface area (Å²) in [4.78, 5) is 89.3. The molecule has 232 valence electrons. The summed E-state index contributed by atoms with van der Waals surface area (Å²) in [7, 11) is 0. The van der Waals surface area contributed by atoms with Gasteiger partial charge in [-0.25, -0.2) is 9.59 Å². The van der Waals surface area contributed by atoms with Gasteiger partial charge in [0.15, 0.2) is 12.2 Å². The first-order valence-electron chi connectivity index (χ1n) is 7.20. The summed E-state index contributed by atoms with van der Waals surface area (Å²) < 4.78 is 0.